The Kier molecular flexibility index (Phi) is 4.13. The molecule has 1 aliphatic carbocycles. The summed E-state index contributed by atoms with van der Waals surface area (Å²) < 4.78 is 1.43. The van der Waals surface area contributed by atoms with E-state index in [1.165, 1.54) is 23.5 Å². The Bertz CT molecular complexity index is 471. The van der Waals surface area contributed by atoms with E-state index in [0.29, 0.717) is 5.92 Å². The van der Waals surface area contributed by atoms with Crippen molar-refractivity contribution in [2.45, 2.75) is 45.2 Å². The summed E-state index contributed by atoms with van der Waals surface area (Å²) in [5.74, 6) is 0.139. The molecule has 0 spiro atoms. The lowest BCUT2D eigenvalue weighted by Crippen LogP contribution is -2.42. The fourth-order valence-corrected chi connectivity index (χ4v) is 2.48. The van der Waals surface area contributed by atoms with Gasteiger partial charge >= 0.3 is 5.82 Å². The van der Waals surface area contributed by atoms with Gasteiger partial charge < -0.3 is 20.0 Å². The summed E-state index contributed by atoms with van der Waals surface area (Å²) in [6, 6.07) is 0.222. The maximum absolute atomic E-state index is 11.9. The fraction of sp³-hybridized carbons (Fsp3) is 0.667. The highest BCUT2D eigenvalue weighted by atomic mass is 16.6. The molecule has 1 N–H and O–H groups in total. The average Bonchev–Trinajstić information content (AvgIpc) is 2.80. The van der Waals surface area contributed by atoms with Crippen molar-refractivity contribution in [3.8, 4) is 0 Å². The van der Waals surface area contributed by atoms with E-state index in [2.05, 4.69) is 17.2 Å². The van der Waals surface area contributed by atoms with Gasteiger partial charge in [-0.3, -0.25) is 4.79 Å². The molecule has 0 aliphatic heterocycles. The molecule has 0 bridgehead atoms. The van der Waals surface area contributed by atoms with Crippen LogP contribution in [0.5, 0.6) is 0 Å². The van der Waals surface area contributed by atoms with E-state index in [0.717, 1.165) is 19.3 Å². The SMILES string of the molecule is C[C@@H]1CCCC[C@@H]1NC(=O)Cn1cnc([N+](=O)[O-])c1. The highest BCUT2D eigenvalue weighted by Gasteiger charge is 2.23. The van der Waals surface area contributed by atoms with E-state index in [1.807, 2.05) is 0 Å². The smallest absolute Gasteiger partial charge is 0.358 e. The van der Waals surface area contributed by atoms with E-state index in [-0.39, 0.29) is 24.3 Å². The number of carbonyl (C=O) groups is 1. The van der Waals surface area contributed by atoms with Crippen LogP contribution in [0.25, 0.3) is 0 Å². The van der Waals surface area contributed by atoms with E-state index < -0.39 is 4.92 Å². The molecule has 104 valence electrons. The molecule has 1 fully saturated rings. The van der Waals surface area contributed by atoms with E-state index in [1.54, 1.807) is 0 Å². The predicted octanol–water partition coefficient (Wildman–Crippen LogP) is 1.49. The number of aromatic nitrogens is 2. The molecule has 7 heteroatoms. The Morgan fingerprint density at radius 3 is 2.95 bits per heavy atom. The molecule has 19 heavy (non-hydrogen) atoms. The molecule has 0 saturated heterocycles. The van der Waals surface area contributed by atoms with Crippen LogP contribution in [0.2, 0.25) is 0 Å². The first-order chi connectivity index (χ1) is 9.06. The van der Waals surface area contributed by atoms with Gasteiger partial charge in [0.2, 0.25) is 12.2 Å². The van der Waals surface area contributed by atoms with Gasteiger partial charge in [-0.15, -0.1) is 0 Å². The second-order valence-corrected chi connectivity index (χ2v) is 5.10. The Morgan fingerprint density at radius 2 is 2.32 bits per heavy atom. The summed E-state index contributed by atoms with van der Waals surface area (Å²) >= 11 is 0. The van der Waals surface area contributed by atoms with Crippen LogP contribution in [0.1, 0.15) is 32.6 Å². The Labute approximate surface area is 111 Å². The molecule has 7 nitrogen and oxygen atoms in total. The lowest BCUT2D eigenvalue weighted by atomic mass is 9.86. The number of imidazole rings is 1. The molecule has 0 radical (unpaired) electrons. The number of nitrogens with one attached hydrogen (secondary N) is 1. The van der Waals surface area contributed by atoms with Crippen molar-refractivity contribution in [1.29, 1.82) is 0 Å². The minimum absolute atomic E-state index is 0.0735. The summed E-state index contributed by atoms with van der Waals surface area (Å²) in [5.41, 5.74) is 0. The number of nitrogens with zero attached hydrogens (tertiary/aromatic N) is 3. The Morgan fingerprint density at radius 1 is 1.58 bits per heavy atom. The molecule has 0 unspecified atom stereocenters. The van der Waals surface area contributed by atoms with Crippen molar-refractivity contribution in [3.05, 3.63) is 22.6 Å². The van der Waals surface area contributed by atoms with Crippen LogP contribution in [0.15, 0.2) is 12.5 Å². The molecular weight excluding hydrogens is 248 g/mol. The zero-order valence-electron chi connectivity index (χ0n) is 10.9. The number of amides is 1. The predicted molar refractivity (Wildman–Crippen MR) is 68.4 cm³/mol. The highest BCUT2D eigenvalue weighted by molar-refractivity contribution is 5.76. The Balaban J connectivity index is 1.87. The van der Waals surface area contributed by atoms with Crippen molar-refractivity contribution in [2.75, 3.05) is 0 Å². The topological polar surface area (TPSA) is 90.1 Å². The van der Waals surface area contributed by atoms with Crippen molar-refractivity contribution < 1.29 is 9.72 Å². The second-order valence-electron chi connectivity index (χ2n) is 5.10. The fourth-order valence-electron chi connectivity index (χ4n) is 2.48. The summed E-state index contributed by atoms with van der Waals surface area (Å²) in [7, 11) is 0. The third kappa shape index (κ3) is 3.52. The molecule has 1 heterocycles. The van der Waals surface area contributed by atoms with E-state index in [9.17, 15) is 14.9 Å². The molecule has 1 aromatic heterocycles. The molecule has 1 saturated carbocycles. The zero-order chi connectivity index (χ0) is 13.8. The number of carbonyl (C=O) groups excluding carboxylic acids is 1. The van der Waals surface area contributed by atoms with Gasteiger partial charge in [0.05, 0.1) is 0 Å². The van der Waals surface area contributed by atoms with Crippen molar-refractivity contribution in [3.63, 3.8) is 0 Å². The normalized spacial score (nSPS) is 23.0. The number of hydrogen-bond donors (Lipinski definition) is 1. The molecule has 0 aromatic carbocycles. The van der Waals surface area contributed by atoms with Gasteiger partial charge in [-0.1, -0.05) is 19.8 Å². The number of rotatable bonds is 4. The molecule has 1 aliphatic rings. The minimum Gasteiger partial charge on any atom is -0.358 e. The van der Waals surface area contributed by atoms with Crippen molar-refractivity contribution in [2.24, 2.45) is 5.92 Å². The summed E-state index contributed by atoms with van der Waals surface area (Å²) in [5, 5.41) is 13.5. The number of nitro groups is 1. The Hall–Kier alpha value is -1.92. The van der Waals surface area contributed by atoms with E-state index in [4.69, 9.17) is 0 Å². The number of hydrogen-bond acceptors (Lipinski definition) is 4. The third-order valence-corrected chi connectivity index (χ3v) is 3.59. The maximum Gasteiger partial charge on any atom is 0.381 e. The molecule has 1 amide bonds. The van der Waals surface area contributed by atoms with Gasteiger partial charge in [0.1, 0.15) is 12.7 Å². The standard InChI is InChI=1S/C12H18N4O3/c1-9-4-2-3-5-10(9)14-12(17)7-15-6-11(13-8-15)16(18)19/h6,8-10H,2-5,7H2,1H3,(H,14,17)/t9-,10+/m1/s1. The average molecular weight is 266 g/mol. The summed E-state index contributed by atoms with van der Waals surface area (Å²) in [6.45, 7) is 2.22. The minimum atomic E-state index is -0.572. The van der Waals surface area contributed by atoms with Crippen LogP contribution in [-0.4, -0.2) is 26.4 Å². The van der Waals surface area contributed by atoms with Crippen LogP contribution >= 0.6 is 0 Å². The summed E-state index contributed by atoms with van der Waals surface area (Å²) in [6.07, 6.45) is 7.09. The van der Waals surface area contributed by atoms with Crippen LogP contribution in [0.4, 0.5) is 5.82 Å². The highest BCUT2D eigenvalue weighted by Crippen LogP contribution is 2.23. The zero-order valence-corrected chi connectivity index (χ0v) is 10.9. The second kappa shape index (κ2) is 5.81. The van der Waals surface area contributed by atoms with Crippen LogP contribution in [0, 0.1) is 16.0 Å². The van der Waals surface area contributed by atoms with Crippen LogP contribution < -0.4 is 5.32 Å². The first-order valence-corrected chi connectivity index (χ1v) is 6.52. The van der Waals surface area contributed by atoms with Gasteiger partial charge in [0.25, 0.3) is 0 Å². The van der Waals surface area contributed by atoms with E-state index >= 15 is 0 Å². The van der Waals surface area contributed by atoms with Gasteiger partial charge in [0, 0.05) is 6.04 Å². The third-order valence-electron chi connectivity index (χ3n) is 3.59. The quantitative estimate of drug-likeness (QED) is 0.660. The van der Waals surface area contributed by atoms with Gasteiger partial charge in [0.15, 0.2) is 0 Å². The van der Waals surface area contributed by atoms with Gasteiger partial charge in [-0.25, -0.2) is 0 Å². The molecule has 2 rings (SSSR count). The van der Waals surface area contributed by atoms with Crippen molar-refractivity contribution >= 4 is 11.7 Å². The van der Waals surface area contributed by atoms with Crippen LogP contribution in [0.3, 0.4) is 0 Å². The molecule has 2 atom stereocenters. The first kappa shape index (κ1) is 13.5. The first-order valence-electron chi connectivity index (χ1n) is 6.52. The molecule has 1 aromatic rings. The maximum atomic E-state index is 11.9. The lowest BCUT2D eigenvalue weighted by molar-refractivity contribution is -0.389. The van der Waals surface area contributed by atoms with Gasteiger partial charge in [-0.2, -0.15) is 0 Å². The van der Waals surface area contributed by atoms with Gasteiger partial charge in [-0.05, 0) is 28.7 Å². The molecular formula is C12H18N4O3. The monoisotopic (exact) mass is 266 g/mol. The summed E-state index contributed by atoms with van der Waals surface area (Å²) in [4.78, 5) is 25.4. The largest absolute Gasteiger partial charge is 0.381 e. The lowest BCUT2D eigenvalue weighted by Gasteiger charge is -2.29. The van der Waals surface area contributed by atoms with Crippen molar-refractivity contribution in [1.82, 2.24) is 14.9 Å². The van der Waals surface area contributed by atoms with Crippen LogP contribution in [-0.2, 0) is 11.3 Å².